The van der Waals surface area contributed by atoms with Gasteiger partial charge in [0.05, 0.1) is 18.6 Å². The van der Waals surface area contributed by atoms with Gasteiger partial charge in [0.15, 0.2) is 0 Å². The summed E-state index contributed by atoms with van der Waals surface area (Å²) in [5, 5.41) is 33.7. The minimum atomic E-state index is -1.58. The first-order valence-electron chi connectivity index (χ1n) is 8.83. The Morgan fingerprint density at radius 3 is 1.90 bits per heavy atom. The Balaban J connectivity index is 5.36. The molecule has 14 heteroatoms. The molecule has 0 radical (unpaired) electrons. The van der Waals surface area contributed by atoms with Gasteiger partial charge in [-0.25, -0.2) is 0 Å². The third-order valence-electron chi connectivity index (χ3n) is 3.84. The number of aliphatic hydroxyl groups is 1. The fourth-order valence-electron chi connectivity index (χ4n) is 2.14. The molecule has 0 aliphatic rings. The lowest BCUT2D eigenvalue weighted by Crippen LogP contribution is -2.59. The number of nitrogens with one attached hydrogen (secondary N) is 3. The summed E-state index contributed by atoms with van der Waals surface area (Å²) >= 11 is 0. The molecule has 0 aliphatic carbocycles. The van der Waals surface area contributed by atoms with Gasteiger partial charge >= 0.3 is 11.9 Å². The number of amides is 4. The molecule has 0 saturated carbocycles. The molecule has 0 fully saturated rings. The smallest absolute Gasteiger partial charge is 0.325 e. The first-order valence-corrected chi connectivity index (χ1v) is 8.83. The highest BCUT2D eigenvalue weighted by Gasteiger charge is 2.32. The van der Waals surface area contributed by atoms with Gasteiger partial charge in [-0.3, -0.25) is 28.8 Å². The molecule has 0 heterocycles. The fraction of sp³-hybridized carbons (Fsp3) is 0.625. The molecule has 10 N–H and O–H groups in total. The Labute approximate surface area is 171 Å². The first-order chi connectivity index (χ1) is 13.8. The molecular weight excluding hydrogens is 406 g/mol. The maximum atomic E-state index is 12.5. The van der Waals surface area contributed by atoms with Gasteiger partial charge in [0.25, 0.3) is 0 Å². The number of carbonyl (C=O) groups excluding carboxylic acids is 4. The van der Waals surface area contributed by atoms with Crippen molar-refractivity contribution in [3.8, 4) is 0 Å². The quantitative estimate of drug-likeness (QED) is 0.140. The Hall–Kier alpha value is -3.26. The summed E-state index contributed by atoms with van der Waals surface area (Å²) in [7, 11) is 0. The maximum absolute atomic E-state index is 12.5. The third-order valence-corrected chi connectivity index (χ3v) is 3.84. The van der Waals surface area contributed by atoms with Gasteiger partial charge in [0, 0.05) is 6.42 Å². The van der Waals surface area contributed by atoms with E-state index in [2.05, 4.69) is 16.0 Å². The van der Waals surface area contributed by atoms with Crippen molar-refractivity contribution < 1.29 is 44.1 Å². The van der Waals surface area contributed by atoms with Crippen molar-refractivity contribution in [3.05, 3.63) is 0 Å². The van der Waals surface area contributed by atoms with Crippen molar-refractivity contribution in [3.63, 3.8) is 0 Å². The van der Waals surface area contributed by atoms with E-state index < -0.39 is 72.3 Å². The van der Waals surface area contributed by atoms with E-state index in [1.807, 2.05) is 0 Å². The monoisotopic (exact) mass is 433 g/mol. The summed E-state index contributed by atoms with van der Waals surface area (Å²) in [5.41, 5.74) is 10.5. The topological polar surface area (TPSA) is 251 Å². The molecule has 0 aliphatic heterocycles. The summed E-state index contributed by atoms with van der Waals surface area (Å²) in [6, 6.07) is -5.82. The lowest BCUT2D eigenvalue weighted by molar-refractivity contribution is -0.142. The molecule has 5 atom stereocenters. The zero-order valence-corrected chi connectivity index (χ0v) is 16.5. The minimum absolute atomic E-state index is 0.299. The van der Waals surface area contributed by atoms with Gasteiger partial charge in [-0.1, -0.05) is 0 Å². The van der Waals surface area contributed by atoms with Crippen molar-refractivity contribution >= 4 is 35.6 Å². The second kappa shape index (κ2) is 12.3. The molecule has 4 amide bonds. The second-order valence-corrected chi connectivity index (χ2v) is 6.57. The maximum Gasteiger partial charge on any atom is 0.325 e. The Morgan fingerprint density at radius 2 is 1.47 bits per heavy atom. The average Bonchev–Trinajstić information content (AvgIpc) is 2.61. The normalized spacial score (nSPS) is 15.6. The van der Waals surface area contributed by atoms with Crippen LogP contribution in [-0.4, -0.2) is 81.2 Å². The van der Waals surface area contributed by atoms with Crippen LogP contribution in [-0.2, 0) is 28.8 Å². The molecule has 0 aromatic rings. The van der Waals surface area contributed by atoms with E-state index in [1.54, 1.807) is 0 Å². The van der Waals surface area contributed by atoms with E-state index in [-0.39, 0.29) is 12.8 Å². The van der Waals surface area contributed by atoms with Crippen molar-refractivity contribution in [2.75, 3.05) is 0 Å². The molecule has 0 bridgehead atoms. The van der Waals surface area contributed by atoms with Crippen LogP contribution in [0.4, 0.5) is 0 Å². The number of primary amides is 1. The van der Waals surface area contributed by atoms with Crippen molar-refractivity contribution in [1.82, 2.24) is 16.0 Å². The van der Waals surface area contributed by atoms with Crippen LogP contribution in [0, 0.1) is 0 Å². The van der Waals surface area contributed by atoms with Gasteiger partial charge in [0.2, 0.25) is 23.6 Å². The van der Waals surface area contributed by atoms with Crippen LogP contribution in [0.5, 0.6) is 0 Å². The summed E-state index contributed by atoms with van der Waals surface area (Å²) in [5.74, 6) is -6.50. The molecule has 0 spiro atoms. The highest BCUT2D eigenvalue weighted by Crippen LogP contribution is 2.03. The fourth-order valence-corrected chi connectivity index (χ4v) is 2.14. The number of aliphatic carboxylic acids is 2. The predicted molar refractivity (Wildman–Crippen MR) is 99.4 cm³/mol. The highest BCUT2D eigenvalue weighted by molar-refractivity contribution is 5.95. The second-order valence-electron chi connectivity index (χ2n) is 6.57. The zero-order valence-electron chi connectivity index (χ0n) is 16.5. The number of hydrogen-bond donors (Lipinski definition) is 8. The first kappa shape index (κ1) is 26.7. The van der Waals surface area contributed by atoms with Gasteiger partial charge in [-0.15, -0.1) is 0 Å². The number of hydrogen-bond acceptors (Lipinski definition) is 8. The van der Waals surface area contributed by atoms with E-state index in [0.29, 0.717) is 0 Å². The molecule has 0 aromatic carbocycles. The van der Waals surface area contributed by atoms with E-state index in [0.717, 1.165) is 6.92 Å². The molecule has 0 saturated heterocycles. The van der Waals surface area contributed by atoms with Crippen LogP contribution in [0.1, 0.15) is 33.1 Å². The van der Waals surface area contributed by atoms with Crippen LogP contribution in [0.15, 0.2) is 0 Å². The Bertz CT molecular complexity index is 682. The van der Waals surface area contributed by atoms with Crippen LogP contribution in [0.3, 0.4) is 0 Å². The van der Waals surface area contributed by atoms with Crippen molar-refractivity contribution in [1.29, 1.82) is 0 Å². The van der Waals surface area contributed by atoms with Crippen LogP contribution in [0.25, 0.3) is 0 Å². The summed E-state index contributed by atoms with van der Waals surface area (Å²) in [4.78, 5) is 69.3. The highest BCUT2D eigenvalue weighted by atomic mass is 16.4. The lowest BCUT2D eigenvalue weighted by atomic mass is 10.1. The number of rotatable bonds is 13. The summed E-state index contributed by atoms with van der Waals surface area (Å²) in [6.07, 6.45) is -2.81. The van der Waals surface area contributed by atoms with E-state index in [9.17, 15) is 33.9 Å². The molecule has 0 rings (SSSR count). The standard InChI is InChI=1S/C16H27N5O9/c1-6(16(29)30)19-15(28)12(7(2)22)21-14(27)9(3-4-10(18)23)20-13(26)8(17)5-11(24)25/h6-9,12,22H,3-5,17H2,1-2H3,(H2,18,23)(H,19,28)(H,20,26)(H,21,27)(H,24,25)(H,29,30). The van der Waals surface area contributed by atoms with E-state index >= 15 is 0 Å². The molecule has 5 unspecified atom stereocenters. The zero-order chi connectivity index (χ0) is 23.6. The Morgan fingerprint density at radius 1 is 0.900 bits per heavy atom. The van der Waals surface area contributed by atoms with Crippen LogP contribution >= 0.6 is 0 Å². The van der Waals surface area contributed by atoms with Crippen molar-refractivity contribution in [2.24, 2.45) is 11.5 Å². The summed E-state index contributed by atoms with van der Waals surface area (Å²) in [6.45, 7) is 2.33. The number of nitrogens with two attached hydrogens (primary N) is 2. The number of aliphatic hydroxyl groups excluding tert-OH is 1. The third kappa shape index (κ3) is 9.79. The average molecular weight is 433 g/mol. The molecular formula is C16H27N5O9. The lowest BCUT2D eigenvalue weighted by Gasteiger charge is -2.25. The summed E-state index contributed by atoms with van der Waals surface area (Å²) < 4.78 is 0. The molecule has 0 aromatic heterocycles. The van der Waals surface area contributed by atoms with Gasteiger partial charge in [-0.2, -0.15) is 0 Å². The minimum Gasteiger partial charge on any atom is -0.481 e. The predicted octanol–water partition coefficient (Wildman–Crippen LogP) is -4.01. The Kier molecular flexibility index (Phi) is 11.0. The molecule has 30 heavy (non-hydrogen) atoms. The van der Waals surface area contributed by atoms with Crippen LogP contribution < -0.4 is 27.4 Å². The molecule has 170 valence electrons. The number of carbonyl (C=O) groups is 6. The number of carboxylic acid groups (broad SMARTS) is 2. The van der Waals surface area contributed by atoms with E-state index in [4.69, 9.17) is 21.7 Å². The van der Waals surface area contributed by atoms with Gasteiger partial charge in [-0.05, 0) is 20.3 Å². The van der Waals surface area contributed by atoms with Crippen LogP contribution in [0.2, 0.25) is 0 Å². The van der Waals surface area contributed by atoms with Gasteiger partial charge < -0.3 is 42.7 Å². The van der Waals surface area contributed by atoms with Gasteiger partial charge in [0.1, 0.15) is 18.1 Å². The number of carboxylic acids is 2. The van der Waals surface area contributed by atoms with E-state index in [1.165, 1.54) is 6.92 Å². The molecule has 14 nitrogen and oxygen atoms in total. The van der Waals surface area contributed by atoms with Crippen molar-refractivity contribution in [2.45, 2.75) is 63.4 Å². The SMILES string of the molecule is CC(NC(=O)C(NC(=O)C(CCC(N)=O)NC(=O)C(N)CC(=O)O)C(C)O)C(=O)O. The largest absolute Gasteiger partial charge is 0.481 e.